The number of alkyl halides is 3. The van der Waals surface area contributed by atoms with Crippen molar-refractivity contribution in [2.45, 2.75) is 16.8 Å². The molecule has 34 heavy (non-hydrogen) atoms. The molecule has 0 saturated heterocycles. The van der Waals surface area contributed by atoms with Crippen molar-refractivity contribution in [1.29, 1.82) is 0 Å². The number of urea groups is 1. The van der Waals surface area contributed by atoms with E-state index in [0.29, 0.717) is 32.7 Å². The van der Waals surface area contributed by atoms with Crippen LogP contribution in [-0.4, -0.2) is 15.4 Å². The van der Waals surface area contributed by atoms with Gasteiger partial charge in [0.2, 0.25) is 0 Å². The fourth-order valence-corrected chi connectivity index (χ4v) is 4.22. The maximum Gasteiger partial charge on any atom is 0.418 e. The van der Waals surface area contributed by atoms with Crippen LogP contribution in [0.2, 0.25) is 5.02 Å². The lowest BCUT2D eigenvalue weighted by molar-refractivity contribution is -0.136. The number of pyridine rings is 1. The van der Waals surface area contributed by atoms with Crippen LogP contribution in [0.25, 0.3) is 5.65 Å². The van der Waals surface area contributed by atoms with Gasteiger partial charge in [-0.2, -0.15) is 13.2 Å². The van der Waals surface area contributed by atoms with Gasteiger partial charge in [0.05, 0.1) is 27.7 Å². The number of rotatable bonds is 5. The van der Waals surface area contributed by atoms with E-state index in [-0.39, 0.29) is 11.2 Å². The average Bonchev–Trinajstić information content (AvgIpc) is 2.78. The van der Waals surface area contributed by atoms with Gasteiger partial charge in [0.25, 0.3) is 5.56 Å². The molecular weight excluding hydrogens is 489 g/mol. The smallest absolute Gasteiger partial charge is 0.307 e. The summed E-state index contributed by atoms with van der Waals surface area (Å²) in [7, 11) is 0. The zero-order valence-corrected chi connectivity index (χ0v) is 18.8. The summed E-state index contributed by atoms with van der Waals surface area (Å²) >= 11 is 7.24. The lowest BCUT2D eigenvalue weighted by Gasteiger charge is -2.15. The maximum absolute atomic E-state index is 13.2. The fraction of sp³-hybridized carbons (Fsp3) is 0.0870. The van der Waals surface area contributed by atoms with Crippen molar-refractivity contribution in [3.8, 4) is 0 Å². The molecule has 4 aromatic rings. The number of fused-ring (bicyclic) bond motifs is 1. The minimum Gasteiger partial charge on any atom is -0.307 e. The number of nitrogens with one attached hydrogen (secondary N) is 2. The van der Waals surface area contributed by atoms with Gasteiger partial charge in [0.15, 0.2) is 0 Å². The van der Waals surface area contributed by atoms with Gasteiger partial charge in [-0.15, -0.1) is 11.8 Å². The van der Waals surface area contributed by atoms with E-state index < -0.39 is 17.8 Å². The number of halogens is 4. The molecule has 2 N–H and O–H groups in total. The number of aromatic nitrogens is 2. The first-order valence-corrected chi connectivity index (χ1v) is 11.2. The molecule has 0 aliphatic carbocycles. The Labute approximate surface area is 200 Å². The van der Waals surface area contributed by atoms with E-state index in [1.54, 1.807) is 36.4 Å². The quantitative estimate of drug-likeness (QED) is 0.313. The summed E-state index contributed by atoms with van der Waals surface area (Å²) in [6.07, 6.45) is -3.12. The number of carbonyl (C=O) groups is 1. The monoisotopic (exact) mass is 504 g/mol. The molecule has 0 bridgehead atoms. The number of para-hydroxylation sites is 2. The Hall–Kier alpha value is -3.50. The molecule has 0 atom stereocenters. The van der Waals surface area contributed by atoms with Crippen LogP contribution in [0, 0.1) is 0 Å². The first-order valence-electron chi connectivity index (χ1n) is 9.84. The van der Waals surface area contributed by atoms with E-state index in [9.17, 15) is 22.8 Å². The summed E-state index contributed by atoms with van der Waals surface area (Å²) in [4.78, 5) is 29.9. The van der Waals surface area contributed by atoms with Gasteiger partial charge in [-0.25, -0.2) is 9.78 Å². The second-order valence-electron chi connectivity index (χ2n) is 7.07. The molecule has 0 spiro atoms. The van der Waals surface area contributed by atoms with Crippen LogP contribution in [0.15, 0.2) is 82.6 Å². The third-order valence-electron chi connectivity index (χ3n) is 4.67. The first-order chi connectivity index (χ1) is 16.2. The molecular formula is C23H16ClF3N4O2S. The normalized spacial score (nSPS) is 11.4. The third-order valence-corrected chi connectivity index (χ3v) is 6.00. The average molecular weight is 505 g/mol. The molecule has 174 valence electrons. The summed E-state index contributed by atoms with van der Waals surface area (Å²) in [6, 6.07) is 15.4. The summed E-state index contributed by atoms with van der Waals surface area (Å²) < 4.78 is 40.9. The fourth-order valence-electron chi connectivity index (χ4n) is 3.16. The van der Waals surface area contributed by atoms with Crippen LogP contribution in [0.4, 0.5) is 29.3 Å². The van der Waals surface area contributed by atoms with E-state index >= 15 is 0 Å². The summed E-state index contributed by atoms with van der Waals surface area (Å²) in [5, 5.41) is 5.25. The maximum atomic E-state index is 13.2. The van der Waals surface area contributed by atoms with Crippen molar-refractivity contribution in [1.82, 2.24) is 9.38 Å². The van der Waals surface area contributed by atoms with Crippen molar-refractivity contribution < 1.29 is 18.0 Å². The van der Waals surface area contributed by atoms with E-state index in [1.807, 2.05) is 0 Å². The zero-order chi connectivity index (χ0) is 24.3. The van der Waals surface area contributed by atoms with Crippen LogP contribution in [-0.2, 0) is 11.9 Å². The van der Waals surface area contributed by atoms with Gasteiger partial charge < -0.3 is 10.6 Å². The number of thioether (sulfide) groups is 1. The van der Waals surface area contributed by atoms with E-state index in [4.69, 9.17) is 11.6 Å². The lowest BCUT2D eigenvalue weighted by Crippen LogP contribution is -2.22. The highest BCUT2D eigenvalue weighted by atomic mass is 35.5. The number of amides is 2. The van der Waals surface area contributed by atoms with Crippen molar-refractivity contribution in [3.05, 3.63) is 99.6 Å². The summed E-state index contributed by atoms with van der Waals surface area (Å²) in [6.45, 7) is 0. The Kier molecular flexibility index (Phi) is 6.80. The van der Waals surface area contributed by atoms with Crippen molar-refractivity contribution in [3.63, 3.8) is 0 Å². The molecule has 11 heteroatoms. The molecule has 4 rings (SSSR count). The number of hydrogen-bond acceptors (Lipinski definition) is 4. The molecule has 2 heterocycles. The standard InChI is InChI=1S/C23H16ClF3N4O2S/c24-14-9-10-20-28-15(11-21(32)31(20)12-14)13-34-19-8-4-3-7-18(19)30-22(33)29-17-6-2-1-5-16(17)23(25,26)27/h1-12H,13H2,(H2,29,30,33). The van der Waals surface area contributed by atoms with Crippen LogP contribution in [0.3, 0.4) is 0 Å². The predicted octanol–water partition coefficient (Wildman–Crippen LogP) is 6.30. The van der Waals surface area contributed by atoms with Crippen LogP contribution >= 0.6 is 23.4 Å². The Morgan fingerprint density at radius 3 is 2.44 bits per heavy atom. The highest BCUT2D eigenvalue weighted by Gasteiger charge is 2.33. The Morgan fingerprint density at radius 1 is 1.00 bits per heavy atom. The Morgan fingerprint density at radius 2 is 1.68 bits per heavy atom. The SMILES string of the molecule is O=C(Nc1ccccc1SCc1cc(=O)n2cc(Cl)ccc2n1)Nc1ccccc1C(F)(F)F. The molecule has 0 radical (unpaired) electrons. The topological polar surface area (TPSA) is 75.5 Å². The molecule has 0 saturated carbocycles. The summed E-state index contributed by atoms with van der Waals surface area (Å²) in [5.41, 5.74) is -0.199. The van der Waals surface area contributed by atoms with Gasteiger partial charge in [-0.05, 0) is 36.4 Å². The molecule has 0 fully saturated rings. The largest absolute Gasteiger partial charge is 0.418 e. The summed E-state index contributed by atoms with van der Waals surface area (Å²) in [5.74, 6) is 0.325. The molecule has 6 nitrogen and oxygen atoms in total. The van der Waals surface area contributed by atoms with E-state index in [0.717, 1.165) is 6.07 Å². The predicted molar refractivity (Wildman–Crippen MR) is 127 cm³/mol. The minimum absolute atomic E-state index is 0.280. The van der Waals surface area contributed by atoms with Gasteiger partial charge in [0.1, 0.15) is 5.65 Å². The third kappa shape index (κ3) is 5.52. The van der Waals surface area contributed by atoms with E-state index in [1.165, 1.54) is 46.6 Å². The van der Waals surface area contributed by atoms with Crippen molar-refractivity contribution in [2.75, 3.05) is 10.6 Å². The van der Waals surface area contributed by atoms with Gasteiger partial charge >= 0.3 is 12.2 Å². The molecule has 2 aromatic carbocycles. The highest BCUT2D eigenvalue weighted by molar-refractivity contribution is 7.98. The van der Waals surface area contributed by atoms with Gasteiger partial charge in [-0.1, -0.05) is 35.9 Å². The van der Waals surface area contributed by atoms with Crippen LogP contribution in [0.1, 0.15) is 11.3 Å². The van der Waals surface area contributed by atoms with E-state index in [2.05, 4.69) is 15.6 Å². The van der Waals surface area contributed by atoms with Crippen LogP contribution in [0.5, 0.6) is 0 Å². The second kappa shape index (κ2) is 9.78. The van der Waals surface area contributed by atoms with Gasteiger partial charge in [0, 0.05) is 22.9 Å². The number of carbonyl (C=O) groups excluding carboxylic acids is 1. The molecule has 0 aliphatic rings. The lowest BCUT2D eigenvalue weighted by atomic mass is 10.1. The minimum atomic E-state index is -4.60. The molecule has 2 amide bonds. The zero-order valence-electron chi connectivity index (χ0n) is 17.3. The second-order valence-corrected chi connectivity index (χ2v) is 8.52. The van der Waals surface area contributed by atoms with Crippen molar-refractivity contribution in [2.24, 2.45) is 0 Å². The molecule has 2 aromatic heterocycles. The Balaban J connectivity index is 1.49. The van der Waals surface area contributed by atoms with Crippen molar-refractivity contribution >= 4 is 46.4 Å². The number of benzene rings is 2. The number of anilines is 2. The molecule has 0 unspecified atom stereocenters. The Bertz CT molecular complexity index is 1430. The number of nitrogens with zero attached hydrogens (tertiary/aromatic N) is 2. The first kappa shape index (κ1) is 23.7. The van der Waals surface area contributed by atoms with Crippen LogP contribution < -0.4 is 16.2 Å². The van der Waals surface area contributed by atoms with Gasteiger partial charge in [-0.3, -0.25) is 9.20 Å². The highest BCUT2D eigenvalue weighted by Crippen LogP contribution is 2.35. The number of hydrogen-bond donors (Lipinski definition) is 2. The molecule has 0 aliphatic heterocycles.